The van der Waals surface area contributed by atoms with Crippen LogP contribution in [0.4, 0.5) is 6.01 Å². The van der Waals surface area contributed by atoms with Crippen LogP contribution in [0.25, 0.3) is 0 Å². The molecule has 0 bridgehead atoms. The molecule has 1 amide bonds. The van der Waals surface area contributed by atoms with Gasteiger partial charge < -0.3 is 9.73 Å². The van der Waals surface area contributed by atoms with Crippen LogP contribution < -0.4 is 10.6 Å². The number of amides is 1. The van der Waals surface area contributed by atoms with Gasteiger partial charge in [0.15, 0.2) is 0 Å². The van der Waals surface area contributed by atoms with Crippen LogP contribution in [0.2, 0.25) is 0 Å². The van der Waals surface area contributed by atoms with Crippen LogP contribution in [0.15, 0.2) is 10.7 Å². The van der Waals surface area contributed by atoms with Crippen LogP contribution in [-0.4, -0.2) is 23.0 Å². The van der Waals surface area contributed by atoms with Gasteiger partial charge in [0.25, 0.3) is 0 Å². The van der Waals surface area contributed by atoms with Crippen molar-refractivity contribution in [1.82, 2.24) is 10.3 Å². The number of nitrogens with zero attached hydrogens (tertiary/aromatic N) is 1. The van der Waals surface area contributed by atoms with Crippen molar-refractivity contribution in [1.29, 1.82) is 0 Å². The molecule has 0 aromatic carbocycles. The van der Waals surface area contributed by atoms with Gasteiger partial charge >= 0.3 is 6.01 Å². The summed E-state index contributed by atoms with van der Waals surface area (Å²) < 4.78 is 5.14. The molecule has 5 heteroatoms. The van der Waals surface area contributed by atoms with Gasteiger partial charge in [-0.1, -0.05) is 12.8 Å². The van der Waals surface area contributed by atoms with Crippen LogP contribution in [0.1, 0.15) is 37.8 Å². The van der Waals surface area contributed by atoms with Crippen LogP contribution in [0.3, 0.4) is 0 Å². The van der Waals surface area contributed by atoms with Crippen LogP contribution in [0.5, 0.6) is 0 Å². The lowest BCUT2D eigenvalue weighted by Crippen LogP contribution is -2.39. The second-order valence-electron chi connectivity index (χ2n) is 5.39. The third-order valence-corrected chi connectivity index (χ3v) is 4.03. The summed E-state index contributed by atoms with van der Waals surface area (Å²) >= 11 is 0. The van der Waals surface area contributed by atoms with Gasteiger partial charge in [-0.05, 0) is 32.1 Å². The van der Waals surface area contributed by atoms with E-state index in [9.17, 15) is 4.79 Å². The molecule has 1 aromatic heterocycles. The number of hydrogen-bond donors (Lipinski definition) is 2. The third-order valence-electron chi connectivity index (χ3n) is 4.03. The van der Waals surface area contributed by atoms with Gasteiger partial charge in [-0.2, -0.15) is 4.98 Å². The highest BCUT2D eigenvalue weighted by Crippen LogP contribution is 2.33. The average molecular weight is 249 g/mol. The van der Waals surface area contributed by atoms with Crippen LogP contribution in [0, 0.1) is 12.8 Å². The second-order valence-corrected chi connectivity index (χ2v) is 5.39. The molecule has 1 aliphatic heterocycles. The molecule has 1 saturated carbocycles. The monoisotopic (exact) mass is 249 g/mol. The van der Waals surface area contributed by atoms with Crippen molar-refractivity contribution in [2.45, 2.75) is 51.1 Å². The minimum atomic E-state index is -0.0923. The number of oxazole rings is 1. The van der Waals surface area contributed by atoms with E-state index in [1.807, 2.05) is 6.92 Å². The predicted octanol–water partition coefficient (Wildman–Crippen LogP) is 1.84. The molecule has 3 atom stereocenters. The number of aryl methyl sites for hydroxylation is 1. The summed E-state index contributed by atoms with van der Waals surface area (Å²) in [6.07, 6.45) is 7.51. The van der Waals surface area contributed by atoms with E-state index in [-0.39, 0.29) is 11.9 Å². The summed E-state index contributed by atoms with van der Waals surface area (Å²) in [5, 5.41) is 6.17. The first kappa shape index (κ1) is 11.7. The Balaban J connectivity index is 1.60. The van der Waals surface area contributed by atoms with E-state index in [2.05, 4.69) is 15.6 Å². The quantitative estimate of drug-likeness (QED) is 0.839. The van der Waals surface area contributed by atoms with E-state index in [1.165, 1.54) is 31.9 Å². The van der Waals surface area contributed by atoms with Gasteiger partial charge in [0.05, 0.1) is 11.7 Å². The molecule has 1 saturated heterocycles. The summed E-state index contributed by atoms with van der Waals surface area (Å²) in [6, 6.07) is 0.736. The average Bonchev–Trinajstić information content (AvgIpc) is 2.95. The van der Waals surface area contributed by atoms with Gasteiger partial charge in [0.2, 0.25) is 5.91 Å². The lowest BCUT2D eigenvalue weighted by atomic mass is 9.85. The Morgan fingerprint density at radius 2 is 2.33 bits per heavy atom. The van der Waals surface area contributed by atoms with E-state index >= 15 is 0 Å². The number of hydrogen-bond acceptors (Lipinski definition) is 4. The third kappa shape index (κ3) is 2.27. The van der Waals surface area contributed by atoms with E-state index in [0.29, 0.717) is 18.0 Å². The molecule has 3 rings (SSSR count). The van der Waals surface area contributed by atoms with Crippen molar-refractivity contribution in [3.05, 3.63) is 12.0 Å². The fraction of sp³-hybridized carbons (Fsp3) is 0.692. The second kappa shape index (κ2) is 4.72. The van der Waals surface area contributed by atoms with Crippen molar-refractivity contribution in [2.24, 2.45) is 5.92 Å². The van der Waals surface area contributed by atoms with Crippen molar-refractivity contribution in [2.75, 3.05) is 5.32 Å². The van der Waals surface area contributed by atoms with Gasteiger partial charge in [0.1, 0.15) is 6.26 Å². The number of rotatable bonds is 2. The summed E-state index contributed by atoms with van der Waals surface area (Å²) in [5.41, 5.74) is 0.776. The number of carbonyl (C=O) groups is 1. The molecule has 3 unspecified atom stereocenters. The van der Waals surface area contributed by atoms with E-state index in [0.717, 1.165) is 12.1 Å². The Kier molecular flexibility index (Phi) is 3.07. The first-order valence-corrected chi connectivity index (χ1v) is 6.71. The summed E-state index contributed by atoms with van der Waals surface area (Å²) in [6.45, 7) is 1.83. The molecular weight excluding hydrogens is 230 g/mol. The molecule has 1 aliphatic carbocycles. The molecule has 2 N–H and O–H groups in total. The molecule has 98 valence electrons. The zero-order valence-electron chi connectivity index (χ0n) is 10.6. The topological polar surface area (TPSA) is 67.2 Å². The predicted molar refractivity (Wildman–Crippen MR) is 67.2 cm³/mol. The van der Waals surface area contributed by atoms with E-state index < -0.39 is 0 Å². The molecule has 18 heavy (non-hydrogen) atoms. The first-order valence-electron chi connectivity index (χ1n) is 6.71. The molecule has 0 radical (unpaired) electrons. The highest BCUT2D eigenvalue weighted by Gasteiger charge is 2.38. The molecule has 2 aliphatic rings. The van der Waals surface area contributed by atoms with Crippen LogP contribution in [-0.2, 0) is 4.79 Å². The fourth-order valence-electron chi connectivity index (χ4n) is 3.13. The van der Waals surface area contributed by atoms with E-state index in [1.54, 1.807) is 0 Å². The maximum absolute atomic E-state index is 12.1. The minimum absolute atomic E-state index is 0.0220. The Morgan fingerprint density at radius 1 is 1.50 bits per heavy atom. The lowest BCUT2D eigenvalue weighted by Gasteiger charge is -2.24. The standard InChI is InChI=1S/C13H19N3O2/c1-8-7-18-13(14-8)16-12(17)11-6-9-4-2-3-5-10(9)15-11/h7,9-11,15H,2-6H2,1H3,(H,14,16,17). The summed E-state index contributed by atoms with van der Waals surface area (Å²) in [5.74, 6) is 0.645. The maximum atomic E-state index is 12.1. The van der Waals surface area contributed by atoms with Gasteiger partial charge in [0, 0.05) is 6.04 Å². The highest BCUT2D eigenvalue weighted by atomic mass is 16.4. The SMILES string of the molecule is Cc1coc(NC(=O)C2CC3CCCCC3N2)n1. The number of fused-ring (bicyclic) bond motifs is 1. The minimum Gasteiger partial charge on any atom is -0.432 e. The molecular formula is C13H19N3O2. The number of carbonyl (C=O) groups excluding carboxylic acids is 1. The zero-order chi connectivity index (χ0) is 12.5. The number of anilines is 1. The van der Waals surface area contributed by atoms with Crippen molar-refractivity contribution in [3.8, 4) is 0 Å². The van der Waals surface area contributed by atoms with Gasteiger partial charge in [-0.3, -0.25) is 10.1 Å². The van der Waals surface area contributed by atoms with Crippen molar-refractivity contribution < 1.29 is 9.21 Å². The molecule has 5 nitrogen and oxygen atoms in total. The largest absolute Gasteiger partial charge is 0.432 e. The molecule has 0 spiro atoms. The summed E-state index contributed by atoms with van der Waals surface area (Å²) in [7, 11) is 0. The highest BCUT2D eigenvalue weighted by molar-refractivity contribution is 5.93. The Morgan fingerprint density at radius 3 is 3.06 bits per heavy atom. The molecule has 1 aromatic rings. The number of nitrogens with one attached hydrogen (secondary N) is 2. The summed E-state index contributed by atoms with van der Waals surface area (Å²) in [4.78, 5) is 16.2. The Bertz CT molecular complexity index is 429. The Hall–Kier alpha value is -1.36. The van der Waals surface area contributed by atoms with Crippen molar-refractivity contribution >= 4 is 11.9 Å². The van der Waals surface area contributed by atoms with Gasteiger partial charge in [-0.15, -0.1) is 0 Å². The van der Waals surface area contributed by atoms with Crippen LogP contribution >= 0.6 is 0 Å². The lowest BCUT2D eigenvalue weighted by molar-refractivity contribution is -0.118. The smallest absolute Gasteiger partial charge is 0.301 e. The Labute approximate surface area is 106 Å². The van der Waals surface area contributed by atoms with Gasteiger partial charge in [-0.25, -0.2) is 0 Å². The fourth-order valence-corrected chi connectivity index (χ4v) is 3.13. The van der Waals surface area contributed by atoms with E-state index in [4.69, 9.17) is 4.42 Å². The number of aromatic nitrogens is 1. The van der Waals surface area contributed by atoms with Crippen molar-refractivity contribution in [3.63, 3.8) is 0 Å². The molecule has 2 fully saturated rings. The molecule has 2 heterocycles. The zero-order valence-corrected chi connectivity index (χ0v) is 10.6. The normalized spacial score (nSPS) is 31.1. The first-order chi connectivity index (χ1) is 8.72. The maximum Gasteiger partial charge on any atom is 0.301 e.